The number of benzene rings is 1. The largest absolute Gasteiger partial charge is 0.411 e. The Morgan fingerprint density at radius 2 is 1.74 bits per heavy atom. The van der Waals surface area contributed by atoms with Crippen molar-refractivity contribution >= 4 is 33.4 Å². The molecular formula is C14H9BrO4. The Balaban J connectivity index is 2.07. The summed E-state index contributed by atoms with van der Waals surface area (Å²) in [5.74, 6) is -2.44. The summed E-state index contributed by atoms with van der Waals surface area (Å²) in [6.07, 6.45) is 2.97. The zero-order valence-electron chi connectivity index (χ0n) is 9.98. The van der Waals surface area contributed by atoms with Crippen LogP contribution in [0.25, 0.3) is 5.57 Å². The Bertz CT molecular complexity index is 659. The molecule has 0 fully saturated rings. The highest BCUT2D eigenvalue weighted by molar-refractivity contribution is 9.12. The fraction of sp³-hybridized carbons (Fsp3) is 0.143. The van der Waals surface area contributed by atoms with E-state index in [1.54, 1.807) is 0 Å². The number of carbonyl (C=O) groups excluding carboxylic acids is 2. The van der Waals surface area contributed by atoms with Crippen LogP contribution in [0.5, 0.6) is 0 Å². The highest BCUT2D eigenvalue weighted by Crippen LogP contribution is 2.39. The molecule has 0 radical (unpaired) electrons. The minimum absolute atomic E-state index is 0.252. The summed E-state index contributed by atoms with van der Waals surface area (Å²) >= 11 is 3.07. The topological polar surface area (TPSA) is 52.6 Å². The first kappa shape index (κ1) is 12.2. The molecule has 2 heterocycles. The van der Waals surface area contributed by atoms with Gasteiger partial charge in [-0.25, -0.2) is 9.59 Å². The van der Waals surface area contributed by atoms with Gasteiger partial charge in [0.15, 0.2) is 0 Å². The van der Waals surface area contributed by atoms with Crippen LogP contribution in [-0.4, -0.2) is 17.7 Å². The van der Waals surface area contributed by atoms with Crippen molar-refractivity contribution in [3.05, 3.63) is 52.0 Å². The maximum atomic E-state index is 12.0. The fourth-order valence-electron chi connectivity index (χ4n) is 2.13. The van der Waals surface area contributed by atoms with Gasteiger partial charge in [0.1, 0.15) is 4.48 Å². The van der Waals surface area contributed by atoms with Crippen LogP contribution in [-0.2, 0) is 19.1 Å². The van der Waals surface area contributed by atoms with E-state index in [1.807, 2.05) is 31.2 Å². The van der Waals surface area contributed by atoms with Crippen molar-refractivity contribution in [3.8, 4) is 0 Å². The first-order valence-corrected chi connectivity index (χ1v) is 6.44. The molecular weight excluding hydrogens is 312 g/mol. The molecule has 1 spiro atoms. The standard InChI is InChI=1S/C14H9BrO4/c1-8-4-2-3-5-9(8)10-6-14(18-12(10)16)7-11(15)13(17)19-14/h2-7H,1H3. The molecule has 96 valence electrons. The van der Waals surface area contributed by atoms with Crippen molar-refractivity contribution in [1.29, 1.82) is 0 Å². The second-order valence-corrected chi connectivity index (χ2v) is 5.22. The minimum atomic E-state index is -1.40. The smallest absolute Gasteiger partial charge is 0.349 e. The van der Waals surface area contributed by atoms with E-state index >= 15 is 0 Å². The Morgan fingerprint density at radius 3 is 2.37 bits per heavy atom. The highest BCUT2D eigenvalue weighted by Gasteiger charge is 2.47. The van der Waals surface area contributed by atoms with Crippen LogP contribution in [0, 0.1) is 6.92 Å². The minimum Gasteiger partial charge on any atom is -0.411 e. The van der Waals surface area contributed by atoms with Crippen molar-refractivity contribution < 1.29 is 19.1 Å². The maximum Gasteiger partial charge on any atom is 0.349 e. The summed E-state index contributed by atoms with van der Waals surface area (Å²) in [6, 6.07) is 7.47. The van der Waals surface area contributed by atoms with Crippen LogP contribution in [0.3, 0.4) is 0 Å². The van der Waals surface area contributed by atoms with E-state index in [2.05, 4.69) is 15.9 Å². The molecule has 0 saturated carbocycles. The summed E-state index contributed by atoms with van der Waals surface area (Å²) in [5.41, 5.74) is 2.14. The predicted molar refractivity (Wildman–Crippen MR) is 71.1 cm³/mol. The number of carbonyl (C=O) groups is 2. The number of esters is 2. The van der Waals surface area contributed by atoms with Crippen LogP contribution in [0.15, 0.2) is 40.9 Å². The lowest BCUT2D eigenvalue weighted by molar-refractivity contribution is -0.181. The average Bonchev–Trinajstić information content (AvgIpc) is 2.80. The molecule has 1 unspecified atom stereocenters. The van der Waals surface area contributed by atoms with Crippen molar-refractivity contribution in [3.63, 3.8) is 0 Å². The molecule has 0 bridgehead atoms. The normalized spacial score (nSPS) is 25.2. The molecule has 19 heavy (non-hydrogen) atoms. The molecule has 4 nitrogen and oxygen atoms in total. The number of aryl methyl sites for hydroxylation is 1. The highest BCUT2D eigenvalue weighted by atomic mass is 79.9. The Morgan fingerprint density at radius 1 is 1.05 bits per heavy atom. The lowest BCUT2D eigenvalue weighted by Gasteiger charge is -2.16. The number of hydrogen-bond donors (Lipinski definition) is 0. The van der Waals surface area contributed by atoms with E-state index < -0.39 is 17.7 Å². The molecule has 2 aliphatic heterocycles. The van der Waals surface area contributed by atoms with E-state index in [1.165, 1.54) is 12.2 Å². The Labute approximate surface area is 117 Å². The monoisotopic (exact) mass is 320 g/mol. The summed E-state index contributed by atoms with van der Waals surface area (Å²) in [4.78, 5) is 23.4. The summed E-state index contributed by atoms with van der Waals surface area (Å²) in [6.45, 7) is 1.90. The summed E-state index contributed by atoms with van der Waals surface area (Å²) in [7, 11) is 0. The van der Waals surface area contributed by atoms with Gasteiger partial charge in [-0.1, -0.05) is 24.3 Å². The Kier molecular flexibility index (Phi) is 2.60. The van der Waals surface area contributed by atoms with Gasteiger partial charge in [0.25, 0.3) is 5.79 Å². The molecule has 3 rings (SSSR count). The molecule has 0 N–H and O–H groups in total. The van der Waals surface area contributed by atoms with Crippen molar-refractivity contribution in [2.45, 2.75) is 12.7 Å². The van der Waals surface area contributed by atoms with Gasteiger partial charge >= 0.3 is 11.9 Å². The van der Waals surface area contributed by atoms with Gasteiger partial charge in [0, 0.05) is 12.2 Å². The van der Waals surface area contributed by atoms with E-state index in [0.717, 1.165) is 11.1 Å². The molecule has 0 saturated heterocycles. The third kappa shape index (κ3) is 1.90. The molecule has 1 atom stereocenters. The summed E-state index contributed by atoms with van der Waals surface area (Å²) in [5, 5.41) is 0. The van der Waals surface area contributed by atoms with Gasteiger partial charge in [-0.2, -0.15) is 0 Å². The van der Waals surface area contributed by atoms with E-state index in [4.69, 9.17) is 9.47 Å². The lowest BCUT2D eigenvalue weighted by atomic mass is 10.0. The van der Waals surface area contributed by atoms with Gasteiger partial charge in [0.05, 0.1) is 5.57 Å². The maximum absolute atomic E-state index is 12.0. The molecule has 5 heteroatoms. The first-order valence-electron chi connectivity index (χ1n) is 5.65. The van der Waals surface area contributed by atoms with Crippen LogP contribution in [0.4, 0.5) is 0 Å². The fourth-order valence-corrected chi connectivity index (χ4v) is 2.53. The molecule has 0 amide bonds. The van der Waals surface area contributed by atoms with Crippen LogP contribution in [0.1, 0.15) is 11.1 Å². The number of ether oxygens (including phenoxy) is 2. The van der Waals surface area contributed by atoms with Gasteiger partial charge < -0.3 is 9.47 Å². The van der Waals surface area contributed by atoms with Gasteiger partial charge in [-0.05, 0) is 34.0 Å². The third-order valence-electron chi connectivity index (χ3n) is 3.03. The van der Waals surface area contributed by atoms with Gasteiger partial charge in [-0.15, -0.1) is 0 Å². The molecule has 1 aromatic carbocycles. The molecule has 2 aliphatic rings. The quantitative estimate of drug-likeness (QED) is 0.746. The zero-order valence-corrected chi connectivity index (χ0v) is 11.6. The van der Waals surface area contributed by atoms with E-state index in [9.17, 15) is 9.59 Å². The van der Waals surface area contributed by atoms with Gasteiger partial charge in [0.2, 0.25) is 0 Å². The SMILES string of the molecule is Cc1ccccc1C1=CC2(C=C(Br)C(=O)O2)OC1=O. The summed E-state index contributed by atoms with van der Waals surface area (Å²) < 4.78 is 10.5. The first-order chi connectivity index (χ1) is 9.01. The number of rotatable bonds is 1. The van der Waals surface area contributed by atoms with E-state index in [-0.39, 0.29) is 4.48 Å². The molecule has 1 aromatic rings. The van der Waals surface area contributed by atoms with Crippen LogP contribution >= 0.6 is 15.9 Å². The predicted octanol–water partition coefficient (Wildman–Crippen LogP) is 2.47. The average molecular weight is 321 g/mol. The number of halogens is 1. The second-order valence-electron chi connectivity index (χ2n) is 4.37. The van der Waals surface area contributed by atoms with Gasteiger partial charge in [-0.3, -0.25) is 0 Å². The van der Waals surface area contributed by atoms with Crippen LogP contribution < -0.4 is 0 Å². The third-order valence-corrected chi connectivity index (χ3v) is 3.58. The molecule has 0 aromatic heterocycles. The van der Waals surface area contributed by atoms with Crippen molar-refractivity contribution in [1.82, 2.24) is 0 Å². The van der Waals surface area contributed by atoms with E-state index in [0.29, 0.717) is 5.57 Å². The molecule has 0 aliphatic carbocycles. The van der Waals surface area contributed by atoms with Crippen molar-refractivity contribution in [2.24, 2.45) is 0 Å². The second kappa shape index (κ2) is 4.06. The van der Waals surface area contributed by atoms with Crippen LogP contribution in [0.2, 0.25) is 0 Å². The Hall–Kier alpha value is -1.88. The number of hydrogen-bond acceptors (Lipinski definition) is 4. The lowest BCUT2D eigenvalue weighted by Crippen LogP contribution is -2.27. The zero-order chi connectivity index (χ0) is 13.6. The van der Waals surface area contributed by atoms with Crippen molar-refractivity contribution in [2.75, 3.05) is 0 Å².